The first-order valence-electron chi connectivity index (χ1n) is 15.7. The lowest BCUT2D eigenvalue weighted by Crippen LogP contribution is -2.30. The molecule has 0 atom stereocenters. The molecule has 5 aromatic rings. The van der Waals surface area contributed by atoms with Crippen molar-refractivity contribution in [3.63, 3.8) is 0 Å². The molecule has 0 aliphatic carbocycles. The highest BCUT2D eigenvalue weighted by Crippen LogP contribution is 2.35. The molecule has 1 heterocycles. The van der Waals surface area contributed by atoms with Crippen molar-refractivity contribution in [2.75, 3.05) is 37.7 Å². The summed E-state index contributed by atoms with van der Waals surface area (Å²) >= 11 is 1.27. The van der Waals surface area contributed by atoms with Crippen LogP contribution in [-0.4, -0.2) is 54.2 Å². The van der Waals surface area contributed by atoms with Gasteiger partial charge in [0.1, 0.15) is 17.1 Å². The zero-order valence-corrected chi connectivity index (χ0v) is 29.5. The second-order valence-electron chi connectivity index (χ2n) is 11.1. The van der Waals surface area contributed by atoms with Crippen LogP contribution in [0.3, 0.4) is 0 Å². The van der Waals surface area contributed by atoms with Crippen molar-refractivity contribution in [1.82, 2.24) is 14.7 Å². The quantitative estimate of drug-likeness (QED) is 0.105. The number of anilines is 2. The number of ether oxygens (including phenoxy) is 3. The van der Waals surface area contributed by atoms with Gasteiger partial charge in [-0.05, 0) is 67.6 Å². The Morgan fingerprint density at radius 2 is 1.39 bits per heavy atom. The minimum absolute atomic E-state index is 0.0490. The van der Waals surface area contributed by atoms with Crippen molar-refractivity contribution in [2.45, 2.75) is 11.8 Å². The Kier molecular flexibility index (Phi) is 11.6. The van der Waals surface area contributed by atoms with Gasteiger partial charge in [-0.1, -0.05) is 36.4 Å². The van der Waals surface area contributed by atoms with Gasteiger partial charge in [-0.2, -0.15) is 0 Å². The third-order valence-corrected chi connectivity index (χ3v) is 8.88. The minimum atomic E-state index is -0.588. The fraction of sp³-hybridized carbons (Fsp3) is 0.158. The Morgan fingerprint density at radius 1 is 0.784 bits per heavy atom. The number of hydrogen-bond acceptors (Lipinski definition) is 8. The van der Waals surface area contributed by atoms with E-state index in [-0.39, 0.29) is 28.6 Å². The van der Waals surface area contributed by atoms with Gasteiger partial charge >= 0.3 is 0 Å². The molecule has 0 saturated heterocycles. The highest BCUT2D eigenvalue weighted by Gasteiger charge is 2.20. The Labute approximate surface area is 299 Å². The van der Waals surface area contributed by atoms with E-state index >= 15 is 0 Å². The topological polar surface area (TPSA) is 142 Å². The largest absolute Gasteiger partial charge is 0.496 e. The van der Waals surface area contributed by atoms with E-state index < -0.39 is 11.8 Å². The number of aromatic nitrogens is 2. The van der Waals surface area contributed by atoms with E-state index in [0.717, 1.165) is 4.90 Å². The maximum Gasteiger partial charge on any atom is 0.295 e. The molecule has 0 radical (unpaired) electrons. The van der Waals surface area contributed by atoms with E-state index in [1.807, 2.05) is 30.3 Å². The summed E-state index contributed by atoms with van der Waals surface area (Å²) in [4.78, 5) is 53.6. The van der Waals surface area contributed by atoms with Gasteiger partial charge in [0.15, 0.2) is 11.5 Å². The summed E-state index contributed by atoms with van der Waals surface area (Å²) in [6.45, 7) is 1.77. The van der Waals surface area contributed by atoms with Crippen LogP contribution in [0.5, 0.6) is 17.2 Å². The van der Waals surface area contributed by atoms with Gasteiger partial charge in [0.25, 0.3) is 17.4 Å². The van der Waals surface area contributed by atoms with Crippen molar-refractivity contribution in [3.05, 3.63) is 130 Å². The third kappa shape index (κ3) is 8.51. The number of thioether (sulfide) groups is 1. The lowest BCUT2D eigenvalue weighted by Gasteiger charge is -2.15. The van der Waals surface area contributed by atoms with Gasteiger partial charge in [0, 0.05) is 34.8 Å². The number of nitrogens with one attached hydrogen (secondary N) is 3. The minimum Gasteiger partial charge on any atom is -0.496 e. The van der Waals surface area contributed by atoms with Gasteiger partial charge in [-0.15, -0.1) is 11.8 Å². The molecule has 4 aromatic carbocycles. The molecular weight excluding hydrogens is 671 g/mol. The summed E-state index contributed by atoms with van der Waals surface area (Å²) in [5.74, 6) is -0.122. The van der Waals surface area contributed by atoms with Crippen molar-refractivity contribution >= 4 is 46.9 Å². The second-order valence-corrected chi connectivity index (χ2v) is 12.1. The van der Waals surface area contributed by atoms with Gasteiger partial charge in [-0.25, -0.2) is 4.68 Å². The molecule has 3 N–H and O–H groups in total. The average molecular weight is 708 g/mol. The predicted octanol–water partition coefficient (Wildman–Crippen LogP) is 5.65. The van der Waals surface area contributed by atoms with Crippen LogP contribution >= 0.6 is 11.8 Å². The molecule has 12 nitrogen and oxygen atoms in total. The first-order chi connectivity index (χ1) is 24.6. The number of carbonyl (C=O) groups excluding carboxylic acids is 3. The molecule has 3 amide bonds. The third-order valence-electron chi connectivity index (χ3n) is 7.87. The Hall–Kier alpha value is -6.21. The van der Waals surface area contributed by atoms with Gasteiger partial charge < -0.3 is 30.2 Å². The Balaban J connectivity index is 1.29. The van der Waals surface area contributed by atoms with Crippen LogP contribution in [0, 0.1) is 6.92 Å². The zero-order chi connectivity index (χ0) is 36.5. The molecule has 0 aliphatic heterocycles. The van der Waals surface area contributed by atoms with Crippen LogP contribution in [0.15, 0.2) is 112 Å². The molecule has 5 rings (SSSR count). The van der Waals surface area contributed by atoms with Gasteiger partial charge in [0.05, 0.1) is 38.5 Å². The van der Waals surface area contributed by atoms with Gasteiger partial charge in [-0.3, -0.25) is 23.9 Å². The summed E-state index contributed by atoms with van der Waals surface area (Å²) in [6.07, 6.45) is 1.49. The Morgan fingerprint density at radius 3 is 2.02 bits per heavy atom. The molecule has 51 heavy (non-hydrogen) atoms. The van der Waals surface area contributed by atoms with Crippen molar-refractivity contribution in [2.24, 2.45) is 7.05 Å². The fourth-order valence-corrected chi connectivity index (χ4v) is 5.83. The van der Waals surface area contributed by atoms with E-state index in [1.165, 1.54) is 43.8 Å². The lowest BCUT2D eigenvalue weighted by molar-refractivity contribution is -0.114. The summed E-state index contributed by atoms with van der Waals surface area (Å²) in [5, 5.41) is 8.30. The number of benzene rings is 4. The average Bonchev–Trinajstić information content (AvgIpc) is 3.36. The Bertz CT molecular complexity index is 2130. The van der Waals surface area contributed by atoms with E-state index in [9.17, 15) is 19.2 Å². The van der Waals surface area contributed by atoms with E-state index in [2.05, 4.69) is 16.0 Å². The molecule has 0 unspecified atom stereocenters. The van der Waals surface area contributed by atoms with E-state index in [1.54, 1.807) is 85.4 Å². The van der Waals surface area contributed by atoms with E-state index in [0.29, 0.717) is 45.4 Å². The molecular formula is C38H37N5O7S. The highest BCUT2D eigenvalue weighted by atomic mass is 32.2. The van der Waals surface area contributed by atoms with Crippen molar-refractivity contribution in [3.8, 4) is 22.9 Å². The summed E-state index contributed by atoms with van der Waals surface area (Å²) in [7, 11) is 6.23. The summed E-state index contributed by atoms with van der Waals surface area (Å²) in [5.41, 5.74) is 2.45. The molecule has 0 fully saturated rings. The number of amides is 3. The molecule has 0 aliphatic rings. The highest BCUT2D eigenvalue weighted by molar-refractivity contribution is 8.00. The molecule has 262 valence electrons. The smallest absolute Gasteiger partial charge is 0.295 e. The van der Waals surface area contributed by atoms with E-state index in [4.69, 9.17) is 14.2 Å². The normalized spacial score (nSPS) is 11.0. The molecule has 0 bridgehead atoms. The van der Waals surface area contributed by atoms with Crippen LogP contribution in [0.1, 0.15) is 21.6 Å². The number of rotatable bonds is 13. The summed E-state index contributed by atoms with van der Waals surface area (Å²) in [6, 6.07) is 27.9. The van der Waals surface area contributed by atoms with Gasteiger partial charge in [0.2, 0.25) is 5.91 Å². The zero-order valence-electron chi connectivity index (χ0n) is 28.7. The first kappa shape index (κ1) is 36.1. The number of nitrogens with zero attached hydrogens (tertiary/aromatic N) is 2. The van der Waals surface area contributed by atoms with Crippen LogP contribution in [0.4, 0.5) is 11.4 Å². The second kappa shape index (κ2) is 16.5. The van der Waals surface area contributed by atoms with Crippen LogP contribution < -0.4 is 35.7 Å². The molecule has 1 aromatic heterocycles. The number of hydrogen-bond donors (Lipinski definition) is 3. The van der Waals surface area contributed by atoms with Crippen LogP contribution in [-0.2, 0) is 16.6 Å². The molecule has 0 spiro atoms. The standard InChI is InChI=1S/C38H37N5O7S/c1-24-35(38(47)43(42(24)2)28-14-10-7-11-15-28)41-34(44)23-51-29-18-16-27(17-19-29)39-37(46)30(40-36(45)25-12-8-6-9-13-25)20-26-21-32(49-4)33(50-5)22-31(26)48-3/h6-22H,23H2,1-5H3,(H,39,46)(H,40,45)(H,41,44)/b30-20-. The first-order valence-corrected chi connectivity index (χ1v) is 16.7. The van der Waals surface area contributed by atoms with Crippen LogP contribution in [0.25, 0.3) is 11.8 Å². The maximum atomic E-state index is 13.6. The maximum absolute atomic E-state index is 13.6. The molecule has 13 heteroatoms. The monoisotopic (exact) mass is 707 g/mol. The predicted molar refractivity (Wildman–Crippen MR) is 198 cm³/mol. The fourth-order valence-electron chi connectivity index (χ4n) is 5.13. The SMILES string of the molecule is COc1cc(OC)c(OC)cc1/C=C(\NC(=O)c1ccccc1)C(=O)Nc1ccc(SCC(=O)Nc2c(C)n(C)n(-c3ccccc3)c2=O)cc1. The van der Waals surface area contributed by atoms with Crippen molar-refractivity contribution in [1.29, 1.82) is 0 Å². The molecule has 0 saturated carbocycles. The summed E-state index contributed by atoms with van der Waals surface area (Å²) < 4.78 is 19.5. The number of methoxy groups -OCH3 is 3. The van der Waals surface area contributed by atoms with Crippen molar-refractivity contribution < 1.29 is 28.6 Å². The number of carbonyl (C=O) groups is 3. The van der Waals surface area contributed by atoms with Crippen LogP contribution in [0.2, 0.25) is 0 Å². The lowest BCUT2D eigenvalue weighted by atomic mass is 10.1. The number of para-hydroxylation sites is 1.